The van der Waals surface area contributed by atoms with Crippen molar-refractivity contribution >= 4 is 38.4 Å². The smallest absolute Gasteiger partial charge is 0.00204 e. The first-order valence-electron chi connectivity index (χ1n) is 13.6. The van der Waals surface area contributed by atoms with Gasteiger partial charge in [0, 0.05) is 0 Å². The summed E-state index contributed by atoms with van der Waals surface area (Å²) in [4.78, 5) is 0. The monoisotopic (exact) mass is 488 g/mol. The highest BCUT2D eigenvalue weighted by molar-refractivity contribution is 6.28. The van der Waals surface area contributed by atoms with E-state index in [1.807, 2.05) is 0 Å². The number of fused-ring (bicyclic) bond motifs is 6. The van der Waals surface area contributed by atoms with Crippen LogP contribution in [0.4, 0.5) is 0 Å². The molecule has 0 amide bonds. The summed E-state index contributed by atoms with van der Waals surface area (Å²) in [6, 6.07) is 42.2. The molecule has 0 fully saturated rings. The van der Waals surface area contributed by atoms with Gasteiger partial charge in [-0.25, -0.2) is 0 Å². The van der Waals surface area contributed by atoms with Gasteiger partial charge < -0.3 is 0 Å². The summed E-state index contributed by atoms with van der Waals surface area (Å²) in [5, 5.41) is 7.87. The van der Waals surface area contributed by atoms with E-state index in [2.05, 4.69) is 153 Å². The van der Waals surface area contributed by atoms with Gasteiger partial charge in [0.25, 0.3) is 0 Å². The van der Waals surface area contributed by atoms with E-state index in [9.17, 15) is 0 Å². The number of hydrogen-bond donors (Lipinski definition) is 0. The zero-order valence-electron chi connectivity index (χ0n) is 22.1. The molecule has 0 spiro atoms. The second-order valence-corrected chi connectivity index (χ2v) is 10.2. The maximum absolute atomic E-state index is 2.34. The van der Waals surface area contributed by atoms with E-state index in [0.29, 0.717) is 5.92 Å². The molecule has 0 N–H and O–H groups in total. The zero-order valence-corrected chi connectivity index (χ0v) is 22.1. The highest BCUT2D eigenvalue weighted by atomic mass is 14.2. The Balaban J connectivity index is 1.42. The van der Waals surface area contributed by atoms with Gasteiger partial charge in [-0.3, -0.25) is 0 Å². The van der Waals surface area contributed by atoms with Crippen LogP contribution in [0.15, 0.2) is 133 Å². The first-order valence-corrected chi connectivity index (χ1v) is 13.6. The Kier molecular flexibility index (Phi) is 6.63. The number of hydrogen-bond acceptors (Lipinski definition) is 0. The molecule has 6 aromatic carbocycles. The van der Waals surface area contributed by atoms with Crippen LogP contribution >= 0.6 is 0 Å². The third-order valence-corrected chi connectivity index (χ3v) is 7.55. The molecule has 6 aromatic rings. The molecule has 184 valence electrons. The number of rotatable bonds is 6. The summed E-state index contributed by atoms with van der Waals surface area (Å²) in [6.07, 6.45) is 9.96. The Hall–Kier alpha value is -4.42. The molecule has 0 aliphatic carbocycles. The van der Waals surface area contributed by atoms with Crippen LogP contribution in [0.3, 0.4) is 0 Å². The molecule has 0 nitrogen and oxygen atoms in total. The van der Waals surface area contributed by atoms with Crippen molar-refractivity contribution < 1.29 is 0 Å². The Labute approximate surface area is 225 Å². The van der Waals surface area contributed by atoms with Crippen molar-refractivity contribution in [3.05, 3.63) is 139 Å². The summed E-state index contributed by atoms with van der Waals surface area (Å²) < 4.78 is 0. The van der Waals surface area contributed by atoms with Gasteiger partial charge in [-0.05, 0) is 85.5 Å². The third kappa shape index (κ3) is 4.55. The quantitative estimate of drug-likeness (QED) is 0.161. The summed E-state index contributed by atoms with van der Waals surface area (Å²) in [5.74, 6) is 0.538. The van der Waals surface area contributed by atoms with Crippen molar-refractivity contribution in [2.45, 2.75) is 20.3 Å². The Morgan fingerprint density at radius 3 is 1.84 bits per heavy atom. The largest absolute Gasteiger partial charge is 0.0916 e. The predicted molar refractivity (Wildman–Crippen MR) is 167 cm³/mol. The van der Waals surface area contributed by atoms with Gasteiger partial charge in [-0.15, -0.1) is 0 Å². The molecule has 6 rings (SSSR count). The molecule has 0 saturated carbocycles. The van der Waals surface area contributed by atoms with E-state index in [4.69, 9.17) is 0 Å². The molecular weight excluding hydrogens is 456 g/mol. The fourth-order valence-electron chi connectivity index (χ4n) is 5.55. The van der Waals surface area contributed by atoms with Gasteiger partial charge in [0.1, 0.15) is 0 Å². The van der Waals surface area contributed by atoms with E-state index in [0.717, 1.165) is 6.42 Å². The molecule has 0 heterocycles. The number of allylic oxidation sites excluding steroid dienone is 3. The lowest BCUT2D eigenvalue weighted by molar-refractivity contribution is 0.747. The third-order valence-electron chi connectivity index (χ3n) is 7.55. The first-order chi connectivity index (χ1) is 18.7. The fourth-order valence-corrected chi connectivity index (χ4v) is 5.55. The van der Waals surface area contributed by atoms with Crippen LogP contribution < -0.4 is 0 Å². The SMILES string of the molecule is C/C=C/CC(C)/C=C\c1ccc(-c2cccc(-c3cccc4c5ccccc5c5ccccc5c34)c2)cc1. The van der Waals surface area contributed by atoms with Crippen molar-refractivity contribution in [1.29, 1.82) is 0 Å². The molecule has 0 saturated heterocycles. The predicted octanol–water partition coefficient (Wildman–Crippen LogP) is 11.1. The van der Waals surface area contributed by atoms with Gasteiger partial charge in [0.15, 0.2) is 0 Å². The fraction of sp³-hybridized carbons (Fsp3) is 0.105. The molecule has 0 aromatic heterocycles. The standard InChI is InChI=1S/C38H32/c1-3-4-11-27(2)20-21-28-22-24-29(25-23-28)30-12-9-13-31(26-30)32-18-10-19-37-35-15-6-5-14-33(35)34-16-7-8-17-36(34)38(32)37/h3-10,12-27H,11H2,1-2H3/b4-3+,21-20-. The molecule has 38 heavy (non-hydrogen) atoms. The average molecular weight is 489 g/mol. The molecule has 0 bridgehead atoms. The normalized spacial score (nSPS) is 12.8. The van der Waals surface area contributed by atoms with E-state index < -0.39 is 0 Å². The Morgan fingerprint density at radius 1 is 0.579 bits per heavy atom. The van der Waals surface area contributed by atoms with Crippen molar-refractivity contribution in [1.82, 2.24) is 0 Å². The lowest BCUT2D eigenvalue weighted by Gasteiger charge is -2.15. The lowest BCUT2D eigenvalue weighted by atomic mass is 9.89. The Morgan fingerprint density at radius 2 is 1.16 bits per heavy atom. The van der Waals surface area contributed by atoms with E-state index in [1.54, 1.807) is 0 Å². The van der Waals surface area contributed by atoms with Crippen LogP contribution in [0.25, 0.3) is 60.6 Å². The second kappa shape index (κ2) is 10.5. The van der Waals surface area contributed by atoms with Crippen LogP contribution in [0.1, 0.15) is 25.8 Å². The summed E-state index contributed by atoms with van der Waals surface area (Å²) in [6.45, 7) is 4.34. The van der Waals surface area contributed by atoms with Crippen molar-refractivity contribution in [3.63, 3.8) is 0 Å². The molecule has 1 atom stereocenters. The van der Waals surface area contributed by atoms with Crippen LogP contribution in [0.5, 0.6) is 0 Å². The van der Waals surface area contributed by atoms with Gasteiger partial charge >= 0.3 is 0 Å². The lowest BCUT2D eigenvalue weighted by Crippen LogP contribution is -1.88. The van der Waals surface area contributed by atoms with Crippen molar-refractivity contribution in [3.8, 4) is 22.3 Å². The van der Waals surface area contributed by atoms with Crippen LogP contribution in [0.2, 0.25) is 0 Å². The van der Waals surface area contributed by atoms with Gasteiger partial charge in [-0.2, -0.15) is 0 Å². The van der Waals surface area contributed by atoms with Gasteiger partial charge in [0.05, 0.1) is 0 Å². The maximum atomic E-state index is 2.34. The van der Waals surface area contributed by atoms with Crippen LogP contribution in [0, 0.1) is 5.92 Å². The highest BCUT2D eigenvalue weighted by Gasteiger charge is 2.13. The minimum absolute atomic E-state index is 0.538. The average Bonchev–Trinajstić information content (AvgIpc) is 2.99. The van der Waals surface area contributed by atoms with Crippen LogP contribution in [-0.4, -0.2) is 0 Å². The zero-order chi connectivity index (χ0) is 25.9. The molecule has 0 aliphatic heterocycles. The van der Waals surface area contributed by atoms with E-state index in [-0.39, 0.29) is 0 Å². The van der Waals surface area contributed by atoms with Crippen molar-refractivity contribution in [2.75, 3.05) is 0 Å². The van der Waals surface area contributed by atoms with Crippen molar-refractivity contribution in [2.24, 2.45) is 5.92 Å². The molecule has 0 heteroatoms. The highest BCUT2D eigenvalue weighted by Crippen LogP contribution is 2.40. The van der Waals surface area contributed by atoms with E-state index in [1.165, 1.54) is 60.1 Å². The van der Waals surface area contributed by atoms with E-state index >= 15 is 0 Å². The molecule has 0 radical (unpaired) electrons. The first kappa shape index (κ1) is 23.9. The minimum Gasteiger partial charge on any atom is -0.0916 e. The molecular formula is C38H32. The summed E-state index contributed by atoms with van der Waals surface area (Å²) in [5.41, 5.74) is 6.24. The molecule has 1 unspecified atom stereocenters. The second-order valence-electron chi connectivity index (χ2n) is 10.2. The summed E-state index contributed by atoms with van der Waals surface area (Å²) >= 11 is 0. The topological polar surface area (TPSA) is 0 Å². The molecule has 0 aliphatic rings. The van der Waals surface area contributed by atoms with Gasteiger partial charge in [-0.1, -0.05) is 140 Å². The van der Waals surface area contributed by atoms with Crippen LogP contribution in [-0.2, 0) is 0 Å². The maximum Gasteiger partial charge on any atom is -0.00204 e. The van der Waals surface area contributed by atoms with Gasteiger partial charge in [0.2, 0.25) is 0 Å². The minimum atomic E-state index is 0.538. The number of benzene rings is 6. The summed E-state index contributed by atoms with van der Waals surface area (Å²) in [7, 11) is 0. The Bertz CT molecular complexity index is 1750.